The second-order valence-corrected chi connectivity index (χ2v) is 9.15. The molecule has 2 fully saturated rings. The van der Waals surface area contributed by atoms with Gasteiger partial charge in [0.1, 0.15) is 0 Å². The molecule has 0 aromatic carbocycles. The van der Waals surface area contributed by atoms with Gasteiger partial charge < -0.3 is 5.11 Å². The third-order valence-electron chi connectivity index (χ3n) is 5.07. The Morgan fingerprint density at radius 3 is 2.05 bits per heavy atom. The van der Waals surface area contributed by atoms with Gasteiger partial charge in [-0.25, -0.2) is 0 Å². The van der Waals surface area contributed by atoms with Crippen molar-refractivity contribution in [1.82, 2.24) is 0 Å². The first kappa shape index (κ1) is 18.4. The first-order valence-corrected chi connectivity index (χ1v) is 9.45. The molecular formula is C18H37OP. The maximum Gasteiger partial charge on any atom is 0.0540 e. The molecule has 0 saturated heterocycles. The Labute approximate surface area is 129 Å². The topological polar surface area (TPSA) is 20.2 Å². The second kappa shape index (κ2) is 9.42. The molecule has 20 heavy (non-hydrogen) atoms. The highest BCUT2D eigenvalue weighted by Crippen LogP contribution is 2.39. The molecule has 120 valence electrons. The number of hydrogen-bond acceptors (Lipinski definition) is 1. The molecule has 0 aliphatic heterocycles. The molecule has 1 N–H and O–H groups in total. The molecule has 3 unspecified atom stereocenters. The maximum absolute atomic E-state index is 9.09. The smallest absolute Gasteiger partial charge is 0.0540 e. The zero-order chi connectivity index (χ0) is 15.0. The van der Waals surface area contributed by atoms with Crippen molar-refractivity contribution in [2.45, 2.75) is 103 Å². The molecule has 0 aromatic heterocycles. The van der Waals surface area contributed by atoms with E-state index in [1.54, 1.807) is 0 Å². The van der Waals surface area contributed by atoms with E-state index in [1.807, 2.05) is 0 Å². The number of hydrogen-bond donors (Lipinski definition) is 1. The van der Waals surface area contributed by atoms with Crippen LogP contribution >= 0.6 is 9.24 Å². The number of rotatable bonds is 1. The summed E-state index contributed by atoms with van der Waals surface area (Å²) in [5, 5.41) is 9.62. The van der Waals surface area contributed by atoms with E-state index in [0.717, 1.165) is 24.7 Å². The SMILES string of the molecule is CC(C)C1CCCCC(C)(P)C1.OC1CCCCCC1. The van der Waals surface area contributed by atoms with Crippen LogP contribution in [0.3, 0.4) is 0 Å². The summed E-state index contributed by atoms with van der Waals surface area (Å²) in [5.74, 6) is 1.85. The lowest BCUT2D eigenvalue weighted by molar-refractivity contribution is 0.157. The number of aliphatic hydroxyl groups is 1. The fraction of sp³-hybridized carbons (Fsp3) is 1.00. The van der Waals surface area contributed by atoms with E-state index < -0.39 is 0 Å². The summed E-state index contributed by atoms with van der Waals surface area (Å²) in [6.07, 6.45) is 14.4. The molecule has 0 heterocycles. The van der Waals surface area contributed by atoms with E-state index in [1.165, 1.54) is 57.8 Å². The Morgan fingerprint density at radius 2 is 1.50 bits per heavy atom. The van der Waals surface area contributed by atoms with Crippen molar-refractivity contribution in [1.29, 1.82) is 0 Å². The van der Waals surface area contributed by atoms with Crippen molar-refractivity contribution in [2.75, 3.05) is 0 Å². The fourth-order valence-electron chi connectivity index (χ4n) is 3.57. The fourth-order valence-corrected chi connectivity index (χ4v) is 4.07. The van der Waals surface area contributed by atoms with Crippen LogP contribution in [0.1, 0.15) is 91.4 Å². The highest BCUT2D eigenvalue weighted by atomic mass is 31.0. The largest absolute Gasteiger partial charge is 0.393 e. The summed E-state index contributed by atoms with van der Waals surface area (Å²) >= 11 is 0. The van der Waals surface area contributed by atoms with E-state index in [2.05, 4.69) is 30.0 Å². The molecule has 0 aromatic rings. The third kappa shape index (κ3) is 7.99. The number of aliphatic hydroxyl groups excluding tert-OH is 1. The Bertz CT molecular complexity index is 242. The summed E-state index contributed by atoms with van der Waals surface area (Å²) in [6, 6.07) is 0. The Kier molecular flexibility index (Phi) is 8.68. The van der Waals surface area contributed by atoms with Crippen LogP contribution in [-0.2, 0) is 0 Å². The van der Waals surface area contributed by atoms with E-state index in [-0.39, 0.29) is 6.10 Å². The van der Waals surface area contributed by atoms with Crippen LogP contribution in [0.4, 0.5) is 0 Å². The molecule has 0 spiro atoms. The van der Waals surface area contributed by atoms with Crippen LogP contribution < -0.4 is 0 Å². The summed E-state index contributed by atoms with van der Waals surface area (Å²) in [4.78, 5) is 0. The van der Waals surface area contributed by atoms with Crippen molar-refractivity contribution in [3.05, 3.63) is 0 Å². The average Bonchev–Trinajstić information content (AvgIpc) is 2.70. The van der Waals surface area contributed by atoms with Gasteiger partial charge in [0.05, 0.1) is 6.10 Å². The summed E-state index contributed by atoms with van der Waals surface area (Å²) in [6.45, 7) is 7.14. The lowest BCUT2D eigenvalue weighted by Gasteiger charge is -2.28. The minimum atomic E-state index is 0.0255. The standard InChI is InChI=1S/C11H23P.C7H14O/c1-9(2)10-6-4-5-7-11(3,12)8-10;8-7-5-3-1-2-4-6-7/h9-10H,4-8,12H2,1-3H3;7-8H,1-6H2. The summed E-state index contributed by atoms with van der Waals surface area (Å²) < 4.78 is 0. The van der Waals surface area contributed by atoms with Gasteiger partial charge in [-0.1, -0.05) is 65.7 Å². The van der Waals surface area contributed by atoms with Crippen LogP contribution in [0.5, 0.6) is 0 Å². The highest BCUT2D eigenvalue weighted by molar-refractivity contribution is 7.18. The molecule has 0 radical (unpaired) electrons. The normalized spacial score (nSPS) is 33.0. The second-order valence-electron chi connectivity index (χ2n) is 7.75. The minimum Gasteiger partial charge on any atom is -0.393 e. The van der Waals surface area contributed by atoms with Gasteiger partial charge in [0, 0.05) is 0 Å². The predicted molar refractivity (Wildman–Crippen MR) is 93.2 cm³/mol. The lowest BCUT2D eigenvalue weighted by Crippen LogP contribution is -2.20. The van der Waals surface area contributed by atoms with Crippen LogP contribution in [-0.4, -0.2) is 16.4 Å². The van der Waals surface area contributed by atoms with Gasteiger partial charge in [-0.05, 0) is 42.7 Å². The lowest BCUT2D eigenvalue weighted by atomic mass is 9.85. The van der Waals surface area contributed by atoms with E-state index in [0.29, 0.717) is 5.16 Å². The van der Waals surface area contributed by atoms with Gasteiger partial charge in [-0.15, -0.1) is 9.24 Å². The predicted octanol–water partition coefficient (Wildman–Crippen LogP) is 5.56. The minimum absolute atomic E-state index is 0.0255. The highest BCUT2D eigenvalue weighted by Gasteiger charge is 2.27. The Hall–Kier alpha value is 0.390. The maximum atomic E-state index is 9.09. The third-order valence-corrected chi connectivity index (χ3v) is 5.59. The van der Waals surface area contributed by atoms with Gasteiger partial charge in [-0.2, -0.15) is 0 Å². The van der Waals surface area contributed by atoms with Crippen LogP contribution in [0.25, 0.3) is 0 Å². The van der Waals surface area contributed by atoms with Crippen LogP contribution in [0.15, 0.2) is 0 Å². The molecule has 0 bridgehead atoms. The first-order chi connectivity index (χ1) is 9.41. The molecule has 1 nitrogen and oxygen atoms in total. The van der Waals surface area contributed by atoms with Crippen molar-refractivity contribution in [3.8, 4) is 0 Å². The molecule has 0 amide bonds. The van der Waals surface area contributed by atoms with Crippen LogP contribution in [0.2, 0.25) is 0 Å². The molecule has 2 saturated carbocycles. The summed E-state index contributed by atoms with van der Waals surface area (Å²) in [5.41, 5.74) is 0. The van der Waals surface area contributed by atoms with Crippen molar-refractivity contribution in [3.63, 3.8) is 0 Å². The van der Waals surface area contributed by atoms with Crippen LogP contribution in [0, 0.1) is 11.8 Å². The van der Waals surface area contributed by atoms with Crippen molar-refractivity contribution in [2.24, 2.45) is 11.8 Å². The average molecular weight is 300 g/mol. The van der Waals surface area contributed by atoms with Crippen molar-refractivity contribution >= 4 is 9.24 Å². The molecule has 2 heteroatoms. The van der Waals surface area contributed by atoms with E-state index in [9.17, 15) is 0 Å². The molecular weight excluding hydrogens is 263 g/mol. The molecule has 2 rings (SSSR count). The first-order valence-electron chi connectivity index (χ1n) is 8.88. The zero-order valence-corrected chi connectivity index (χ0v) is 15.2. The zero-order valence-electron chi connectivity index (χ0n) is 14.0. The van der Waals surface area contributed by atoms with E-state index >= 15 is 0 Å². The van der Waals surface area contributed by atoms with Gasteiger partial charge in [0.2, 0.25) is 0 Å². The Morgan fingerprint density at radius 1 is 0.950 bits per heavy atom. The molecule has 2 aliphatic carbocycles. The Balaban J connectivity index is 0.000000217. The summed E-state index contributed by atoms with van der Waals surface area (Å²) in [7, 11) is 3.07. The quantitative estimate of drug-likeness (QED) is 0.496. The molecule has 3 atom stereocenters. The van der Waals surface area contributed by atoms with Gasteiger partial charge in [-0.3, -0.25) is 0 Å². The van der Waals surface area contributed by atoms with Gasteiger partial charge in [0.25, 0.3) is 0 Å². The van der Waals surface area contributed by atoms with E-state index in [4.69, 9.17) is 5.11 Å². The molecule has 2 aliphatic rings. The van der Waals surface area contributed by atoms with Gasteiger partial charge in [0.15, 0.2) is 0 Å². The monoisotopic (exact) mass is 300 g/mol. The van der Waals surface area contributed by atoms with Gasteiger partial charge >= 0.3 is 0 Å². The van der Waals surface area contributed by atoms with Crippen molar-refractivity contribution < 1.29 is 5.11 Å².